The lowest BCUT2D eigenvalue weighted by atomic mass is 9.67. The van der Waals surface area contributed by atoms with Gasteiger partial charge in [-0.1, -0.05) is 34.8 Å². The molecule has 2 fully saturated rings. The summed E-state index contributed by atoms with van der Waals surface area (Å²) in [5, 5.41) is 59.1. The average molecular weight is 465 g/mol. The number of alkyl halides is 3. The minimum atomic E-state index is -2.39. The predicted molar refractivity (Wildman–Crippen MR) is 101 cm³/mol. The summed E-state index contributed by atoms with van der Waals surface area (Å²) in [4.78, 5) is 0. The Morgan fingerprint density at radius 2 is 1.89 bits per heavy atom. The van der Waals surface area contributed by atoms with Crippen molar-refractivity contribution < 1.29 is 39.7 Å². The molecule has 1 aliphatic heterocycles. The van der Waals surface area contributed by atoms with Gasteiger partial charge in [0.05, 0.1) is 25.4 Å². The summed E-state index contributed by atoms with van der Waals surface area (Å²) in [6.45, 7) is 2.01. The van der Waals surface area contributed by atoms with E-state index in [-0.39, 0.29) is 18.8 Å². The zero-order chi connectivity index (χ0) is 21.5. The minimum absolute atomic E-state index is 0.0290. The Balaban J connectivity index is 2.33. The second-order valence-electron chi connectivity index (χ2n) is 7.22. The molecule has 1 saturated heterocycles. The van der Waals surface area contributed by atoms with Crippen LogP contribution in [0.1, 0.15) is 13.8 Å². The van der Waals surface area contributed by atoms with Crippen LogP contribution in [0.15, 0.2) is 11.6 Å². The van der Waals surface area contributed by atoms with Crippen LogP contribution in [-0.4, -0.2) is 90.8 Å². The third-order valence-corrected chi connectivity index (χ3v) is 5.39. The van der Waals surface area contributed by atoms with E-state index in [1.165, 1.54) is 6.08 Å². The molecule has 9 nitrogen and oxygen atoms in total. The number of aliphatic hydroxyl groups is 5. The summed E-state index contributed by atoms with van der Waals surface area (Å²) >= 11 is 16.6. The molecule has 162 valence electrons. The van der Waals surface area contributed by atoms with Crippen LogP contribution in [0.5, 0.6) is 0 Å². The summed E-state index contributed by atoms with van der Waals surface area (Å²) in [6, 6.07) is 0. The van der Waals surface area contributed by atoms with Crippen LogP contribution in [0.25, 0.3) is 0 Å². The highest BCUT2D eigenvalue weighted by atomic mass is 35.6. The van der Waals surface area contributed by atoms with Crippen molar-refractivity contribution in [3.63, 3.8) is 0 Å². The van der Waals surface area contributed by atoms with Gasteiger partial charge in [0.15, 0.2) is 5.79 Å². The third kappa shape index (κ3) is 4.75. The molecule has 0 bridgehead atoms. The van der Waals surface area contributed by atoms with E-state index in [4.69, 9.17) is 54.4 Å². The average Bonchev–Trinajstić information content (AvgIpc) is 2.95. The van der Waals surface area contributed by atoms with E-state index < -0.39 is 58.0 Å². The van der Waals surface area contributed by atoms with E-state index in [2.05, 4.69) is 0 Å². The van der Waals surface area contributed by atoms with Gasteiger partial charge in [-0.3, -0.25) is 5.41 Å². The molecule has 1 heterocycles. The van der Waals surface area contributed by atoms with Gasteiger partial charge >= 0.3 is 0 Å². The molecule has 1 saturated carbocycles. The van der Waals surface area contributed by atoms with Crippen molar-refractivity contribution >= 4 is 40.7 Å². The van der Waals surface area contributed by atoms with Crippen molar-refractivity contribution in [1.29, 1.82) is 5.41 Å². The number of hydrogen-bond acceptors (Lipinski definition) is 9. The second-order valence-corrected chi connectivity index (χ2v) is 9.50. The molecule has 2 aliphatic rings. The van der Waals surface area contributed by atoms with Crippen LogP contribution in [-0.2, 0) is 14.2 Å². The van der Waals surface area contributed by atoms with Gasteiger partial charge in [-0.15, -0.1) is 0 Å². The largest absolute Gasteiger partial charge is 0.474 e. The van der Waals surface area contributed by atoms with Gasteiger partial charge in [-0.05, 0) is 25.5 Å². The first kappa shape index (κ1) is 24.1. The van der Waals surface area contributed by atoms with Crippen LogP contribution in [0.2, 0.25) is 0 Å². The molecule has 1 aliphatic carbocycles. The van der Waals surface area contributed by atoms with Crippen molar-refractivity contribution in [3.8, 4) is 0 Å². The normalized spacial score (nSPS) is 39.9. The number of aliphatic hydroxyl groups excluding tert-OH is 4. The van der Waals surface area contributed by atoms with Crippen LogP contribution >= 0.6 is 34.8 Å². The zero-order valence-electron chi connectivity index (χ0n) is 15.2. The Morgan fingerprint density at radius 3 is 2.36 bits per heavy atom. The van der Waals surface area contributed by atoms with Gasteiger partial charge < -0.3 is 39.7 Å². The molecule has 0 spiro atoms. The van der Waals surface area contributed by atoms with E-state index in [1.54, 1.807) is 13.8 Å². The highest BCUT2D eigenvalue weighted by Crippen LogP contribution is 2.42. The summed E-state index contributed by atoms with van der Waals surface area (Å²) in [6.07, 6.45) is -4.76. The van der Waals surface area contributed by atoms with E-state index in [0.29, 0.717) is 0 Å². The number of hydrogen-bond donors (Lipinski definition) is 6. The lowest BCUT2D eigenvalue weighted by molar-refractivity contribution is -0.231. The van der Waals surface area contributed by atoms with E-state index >= 15 is 0 Å². The number of ether oxygens (including phenoxy) is 3. The first-order chi connectivity index (χ1) is 12.7. The summed E-state index contributed by atoms with van der Waals surface area (Å²) < 4.78 is 14.2. The fourth-order valence-corrected chi connectivity index (χ4v) is 3.54. The molecule has 0 amide bonds. The molecule has 6 N–H and O–H groups in total. The number of nitrogens with one attached hydrogen (secondary N) is 1. The molecule has 0 unspecified atom stereocenters. The monoisotopic (exact) mass is 463 g/mol. The molecule has 0 aromatic carbocycles. The molecular weight excluding hydrogens is 441 g/mol. The maximum absolute atomic E-state index is 10.7. The second kappa shape index (κ2) is 8.50. The number of rotatable bonds is 4. The van der Waals surface area contributed by atoms with E-state index in [0.717, 1.165) is 0 Å². The topological polar surface area (TPSA) is 153 Å². The smallest absolute Gasteiger partial charge is 0.265 e. The van der Waals surface area contributed by atoms with Crippen molar-refractivity contribution in [3.05, 3.63) is 11.6 Å². The highest BCUT2D eigenvalue weighted by molar-refractivity contribution is 6.76. The highest BCUT2D eigenvalue weighted by Gasteiger charge is 2.58. The van der Waals surface area contributed by atoms with Gasteiger partial charge in [0.1, 0.15) is 24.4 Å². The maximum Gasteiger partial charge on any atom is 0.265 e. The molecule has 2 rings (SSSR count). The fraction of sp³-hybridized carbons (Fsp3) is 0.812. The number of halogens is 3. The van der Waals surface area contributed by atoms with E-state index in [9.17, 15) is 25.5 Å². The lowest BCUT2D eigenvalue weighted by Crippen LogP contribution is -2.68. The molecule has 0 aromatic rings. The Bertz CT molecular complexity index is 626. The molecule has 0 aromatic heterocycles. The van der Waals surface area contributed by atoms with Crippen LogP contribution in [0.3, 0.4) is 0 Å². The first-order valence-corrected chi connectivity index (χ1v) is 9.55. The third-order valence-electron chi connectivity index (χ3n) is 4.88. The SMILES string of the molecule is CC1(C)OC[C@H]([C@@H]2/C(=C\COC(=N)C(Cl)(Cl)Cl)[C@H](O)[C@H](O)[C@](O)(CO)[C@@H]2O)O1. The van der Waals surface area contributed by atoms with Gasteiger partial charge in [-0.2, -0.15) is 0 Å². The Kier molecular flexibility index (Phi) is 7.31. The Labute approximate surface area is 176 Å². The van der Waals surface area contributed by atoms with Gasteiger partial charge in [0.25, 0.3) is 3.79 Å². The predicted octanol–water partition coefficient (Wildman–Crippen LogP) is -0.136. The Morgan fingerprint density at radius 1 is 1.29 bits per heavy atom. The van der Waals surface area contributed by atoms with E-state index in [1.807, 2.05) is 0 Å². The van der Waals surface area contributed by atoms with Crippen molar-refractivity contribution in [1.82, 2.24) is 0 Å². The summed E-state index contributed by atoms with van der Waals surface area (Å²) in [7, 11) is 0. The van der Waals surface area contributed by atoms with Gasteiger partial charge in [0.2, 0.25) is 5.90 Å². The molecule has 12 heteroatoms. The molecule has 0 radical (unpaired) electrons. The standard InChI is InChI=1S/C16H24Cl3NO8/c1-14(2)27-5-8(28-14)9-7(3-4-26-13(20)16(17,18)19)10(22)12(24)15(25,6-21)11(9)23/h3,8-12,20-25H,4-6H2,1-2H3/b7-3+,20-13?/t8-,9+,10+,11-,12+,15+/m1/s1. The van der Waals surface area contributed by atoms with Crippen LogP contribution in [0, 0.1) is 11.3 Å². The van der Waals surface area contributed by atoms with Crippen LogP contribution < -0.4 is 0 Å². The van der Waals surface area contributed by atoms with Crippen molar-refractivity contribution in [2.24, 2.45) is 5.92 Å². The zero-order valence-corrected chi connectivity index (χ0v) is 17.4. The van der Waals surface area contributed by atoms with Gasteiger partial charge in [0, 0.05) is 5.92 Å². The fourth-order valence-electron chi connectivity index (χ4n) is 3.38. The summed E-state index contributed by atoms with van der Waals surface area (Å²) in [5.41, 5.74) is -2.32. The minimum Gasteiger partial charge on any atom is -0.474 e. The maximum atomic E-state index is 10.7. The van der Waals surface area contributed by atoms with Crippen LogP contribution in [0.4, 0.5) is 0 Å². The Hall–Kier alpha value is -0.200. The molecular formula is C16H24Cl3NO8. The molecule has 6 atom stereocenters. The summed E-state index contributed by atoms with van der Waals surface area (Å²) in [5.74, 6) is -2.68. The van der Waals surface area contributed by atoms with Crippen molar-refractivity contribution in [2.75, 3.05) is 19.8 Å². The van der Waals surface area contributed by atoms with Crippen molar-refractivity contribution in [2.45, 2.75) is 53.4 Å². The van der Waals surface area contributed by atoms with Gasteiger partial charge in [-0.25, -0.2) is 0 Å². The lowest BCUT2D eigenvalue weighted by Gasteiger charge is -2.49. The first-order valence-electron chi connectivity index (χ1n) is 8.42. The quantitative estimate of drug-likeness (QED) is 0.146. The molecule has 28 heavy (non-hydrogen) atoms.